The van der Waals surface area contributed by atoms with Crippen LogP contribution in [0.2, 0.25) is 0 Å². The minimum Gasteiger partial charge on any atom is -0.445 e. The number of hydrogen-bond acceptors (Lipinski definition) is 7. The smallest absolute Gasteiger partial charge is 0.414 e. The summed E-state index contributed by atoms with van der Waals surface area (Å²) < 4.78 is 9.90. The van der Waals surface area contributed by atoms with E-state index in [9.17, 15) is 14.4 Å². The molecule has 0 aliphatic carbocycles. The van der Waals surface area contributed by atoms with Crippen LogP contribution < -0.4 is 10.6 Å². The zero-order valence-corrected chi connectivity index (χ0v) is 16.2. The fourth-order valence-corrected chi connectivity index (χ4v) is 3.90. The average molecular weight is 397 g/mol. The van der Waals surface area contributed by atoms with Gasteiger partial charge in [0.25, 0.3) is 0 Å². The van der Waals surface area contributed by atoms with Crippen LogP contribution in [0, 0.1) is 5.92 Å². The maximum Gasteiger partial charge on any atom is 0.414 e. The maximum absolute atomic E-state index is 12.2. The normalized spacial score (nSPS) is 27.1. The van der Waals surface area contributed by atoms with Gasteiger partial charge in [-0.25, -0.2) is 9.59 Å². The van der Waals surface area contributed by atoms with Crippen molar-refractivity contribution < 1.29 is 23.9 Å². The first kappa shape index (κ1) is 21.3. The average Bonchev–Trinajstić information content (AvgIpc) is 3.24. The minimum atomic E-state index is -0.782. The topological polar surface area (TPSA) is 97.0 Å². The third kappa shape index (κ3) is 6.28. The summed E-state index contributed by atoms with van der Waals surface area (Å²) in [4.78, 5) is 37.5. The van der Waals surface area contributed by atoms with Crippen LogP contribution in [-0.2, 0) is 14.3 Å². The summed E-state index contributed by atoms with van der Waals surface area (Å²) in [5.74, 6) is -0.199. The molecule has 9 heteroatoms. The third-order valence-corrected chi connectivity index (χ3v) is 5.03. The molecular weight excluding hydrogens is 370 g/mol. The van der Waals surface area contributed by atoms with Crippen LogP contribution in [0.5, 0.6) is 0 Å². The van der Waals surface area contributed by atoms with E-state index in [1.807, 2.05) is 0 Å². The van der Waals surface area contributed by atoms with Crippen molar-refractivity contribution in [3.05, 3.63) is 25.3 Å². The summed E-state index contributed by atoms with van der Waals surface area (Å²) in [7, 11) is 0. The zero-order chi connectivity index (χ0) is 19.8. The van der Waals surface area contributed by atoms with E-state index in [1.54, 1.807) is 4.90 Å². The van der Waals surface area contributed by atoms with Crippen molar-refractivity contribution in [2.45, 2.75) is 36.6 Å². The summed E-state index contributed by atoms with van der Waals surface area (Å²) in [5, 5.41) is 5.45. The number of carbonyl (C=O) groups excluding carboxylic acids is 3. The Labute approximate surface area is 164 Å². The van der Waals surface area contributed by atoms with E-state index in [2.05, 4.69) is 36.4 Å². The number of alkyl carbamates (subject to hydrolysis) is 1. The summed E-state index contributed by atoms with van der Waals surface area (Å²) >= 11 is 4.50. The number of ether oxygens (including phenoxy) is 2. The van der Waals surface area contributed by atoms with Gasteiger partial charge in [-0.15, -0.1) is 0 Å². The Morgan fingerprint density at radius 1 is 1.19 bits per heavy atom. The molecule has 0 spiro atoms. The van der Waals surface area contributed by atoms with Crippen molar-refractivity contribution >= 4 is 30.7 Å². The van der Waals surface area contributed by atoms with Crippen molar-refractivity contribution in [2.24, 2.45) is 5.92 Å². The number of nitrogens with one attached hydrogen (secondary N) is 2. The number of thiol groups is 1. The highest BCUT2D eigenvalue weighted by molar-refractivity contribution is 7.81. The van der Waals surface area contributed by atoms with Crippen LogP contribution in [-0.4, -0.2) is 66.6 Å². The number of imide groups is 1. The highest BCUT2D eigenvalue weighted by Gasteiger charge is 2.38. The maximum atomic E-state index is 12.2. The fraction of sp³-hybridized carbons (Fsp3) is 0.611. The molecule has 0 aromatic heterocycles. The molecule has 0 aromatic carbocycles. The Morgan fingerprint density at radius 2 is 1.89 bits per heavy atom. The van der Waals surface area contributed by atoms with Crippen molar-refractivity contribution in [1.29, 1.82) is 0 Å². The first-order chi connectivity index (χ1) is 12.9. The second-order valence-corrected chi connectivity index (χ2v) is 7.47. The molecule has 0 aromatic rings. The fourth-order valence-electron chi connectivity index (χ4n) is 3.48. The van der Waals surface area contributed by atoms with Crippen LogP contribution in [0.4, 0.5) is 9.59 Å². The van der Waals surface area contributed by atoms with E-state index in [-0.39, 0.29) is 36.5 Å². The first-order valence-electron chi connectivity index (χ1n) is 8.98. The third-order valence-electron chi connectivity index (χ3n) is 4.65. The van der Waals surface area contributed by atoms with E-state index in [1.165, 1.54) is 12.2 Å². The van der Waals surface area contributed by atoms with Gasteiger partial charge in [0.05, 0.1) is 6.04 Å². The van der Waals surface area contributed by atoms with Crippen molar-refractivity contribution in [3.8, 4) is 0 Å². The van der Waals surface area contributed by atoms with Crippen molar-refractivity contribution in [3.63, 3.8) is 0 Å². The molecule has 3 amide bonds. The van der Waals surface area contributed by atoms with Gasteiger partial charge in [0.1, 0.15) is 13.2 Å². The lowest BCUT2D eigenvalue weighted by molar-refractivity contribution is -0.122. The number of amides is 3. The number of hydrogen-bond donors (Lipinski definition) is 3. The summed E-state index contributed by atoms with van der Waals surface area (Å²) in [6.07, 6.45) is 3.94. The number of carbonyl (C=O) groups is 3. The lowest BCUT2D eigenvalue weighted by Gasteiger charge is -2.25. The van der Waals surface area contributed by atoms with Crippen molar-refractivity contribution in [1.82, 2.24) is 15.5 Å². The molecule has 0 saturated carbocycles. The second kappa shape index (κ2) is 10.4. The number of likely N-dealkylation sites (tertiary alicyclic amines) is 1. The number of nitrogens with zero attached hydrogens (tertiary/aromatic N) is 1. The van der Waals surface area contributed by atoms with Gasteiger partial charge in [-0.05, 0) is 31.7 Å². The Morgan fingerprint density at radius 3 is 2.59 bits per heavy atom. The van der Waals surface area contributed by atoms with E-state index in [0.29, 0.717) is 19.5 Å². The molecule has 0 radical (unpaired) electrons. The van der Waals surface area contributed by atoms with E-state index < -0.39 is 18.0 Å². The van der Waals surface area contributed by atoms with E-state index in [0.717, 1.165) is 12.8 Å². The SMILES string of the molecule is C=CCOC(=O)NC(=O)[C@@H]1CC(CC2CC(S)CN2C(=O)OCC=C)CN1. The van der Waals surface area contributed by atoms with Crippen LogP contribution in [0.1, 0.15) is 19.3 Å². The summed E-state index contributed by atoms with van der Waals surface area (Å²) in [6, 6.07) is -0.434. The molecule has 3 unspecified atom stereocenters. The summed E-state index contributed by atoms with van der Waals surface area (Å²) in [6.45, 7) is 8.39. The molecule has 27 heavy (non-hydrogen) atoms. The van der Waals surface area contributed by atoms with Gasteiger partial charge in [-0.1, -0.05) is 25.3 Å². The Bertz CT molecular complexity index is 585. The Kier molecular flexibility index (Phi) is 8.18. The molecular formula is C18H27N3O5S. The van der Waals surface area contributed by atoms with Crippen LogP contribution >= 0.6 is 12.6 Å². The quantitative estimate of drug-likeness (QED) is 0.445. The van der Waals surface area contributed by atoms with Gasteiger partial charge in [0.15, 0.2) is 0 Å². The Hall–Kier alpha value is -2.00. The van der Waals surface area contributed by atoms with Gasteiger partial charge < -0.3 is 19.7 Å². The molecule has 0 bridgehead atoms. The highest BCUT2D eigenvalue weighted by Crippen LogP contribution is 2.30. The molecule has 2 aliphatic heterocycles. The molecule has 2 fully saturated rings. The van der Waals surface area contributed by atoms with E-state index in [4.69, 9.17) is 9.47 Å². The lowest BCUT2D eigenvalue weighted by Crippen LogP contribution is -2.43. The monoisotopic (exact) mass is 397 g/mol. The largest absolute Gasteiger partial charge is 0.445 e. The van der Waals surface area contributed by atoms with Crippen molar-refractivity contribution in [2.75, 3.05) is 26.3 Å². The molecule has 2 heterocycles. The predicted molar refractivity (Wildman–Crippen MR) is 104 cm³/mol. The number of rotatable bonds is 7. The molecule has 8 nitrogen and oxygen atoms in total. The molecule has 4 atom stereocenters. The molecule has 2 N–H and O–H groups in total. The molecule has 2 rings (SSSR count). The second-order valence-electron chi connectivity index (χ2n) is 6.74. The Balaban J connectivity index is 1.82. The summed E-state index contributed by atoms with van der Waals surface area (Å²) in [5.41, 5.74) is 0. The van der Waals surface area contributed by atoms with Crippen LogP contribution in [0.3, 0.4) is 0 Å². The van der Waals surface area contributed by atoms with E-state index >= 15 is 0 Å². The zero-order valence-electron chi connectivity index (χ0n) is 15.3. The molecule has 2 saturated heterocycles. The molecule has 150 valence electrons. The van der Waals surface area contributed by atoms with Gasteiger partial charge in [0, 0.05) is 17.8 Å². The predicted octanol–water partition coefficient (Wildman–Crippen LogP) is 1.49. The lowest BCUT2D eigenvalue weighted by atomic mass is 9.95. The first-order valence-corrected chi connectivity index (χ1v) is 9.50. The van der Waals surface area contributed by atoms with Gasteiger partial charge >= 0.3 is 12.2 Å². The highest BCUT2D eigenvalue weighted by atomic mass is 32.1. The van der Waals surface area contributed by atoms with Crippen LogP contribution in [0.25, 0.3) is 0 Å². The standard InChI is InChI=1S/C18H27N3O5S/c1-3-5-25-17(23)20-16(22)15-8-12(10-19-15)7-13-9-14(27)11-21(13)18(24)26-6-4-2/h3-4,12-15,19,27H,1-2,5-11H2,(H,20,22,23)/t12?,13?,14?,15-/m0/s1. The van der Waals surface area contributed by atoms with Gasteiger partial charge in [-0.2, -0.15) is 12.6 Å². The van der Waals surface area contributed by atoms with Gasteiger partial charge in [-0.3, -0.25) is 10.1 Å². The van der Waals surface area contributed by atoms with Gasteiger partial charge in [0.2, 0.25) is 5.91 Å². The minimum absolute atomic E-state index is 0.0241. The van der Waals surface area contributed by atoms with Crippen LogP contribution in [0.15, 0.2) is 25.3 Å². The molecule has 2 aliphatic rings.